The Labute approximate surface area is 105 Å². The minimum absolute atomic E-state index is 0.193. The van der Waals surface area contributed by atoms with Gasteiger partial charge in [-0.3, -0.25) is 0 Å². The number of thiazole rings is 1. The molecule has 2 rings (SSSR count). The first-order chi connectivity index (χ1) is 8.41. The maximum absolute atomic E-state index is 13.1. The standard InChI is InChI=1S/C12H9F4NS/c1-2-8-6-17-11(18-8)9-5-7(13)3-4-10(9)12(14,15)16/h3-6H,2H2,1H3. The Morgan fingerprint density at radius 2 is 2.00 bits per heavy atom. The molecular formula is C12H9F4NS. The number of nitrogens with zero attached hydrogens (tertiary/aromatic N) is 1. The lowest BCUT2D eigenvalue weighted by molar-refractivity contribution is -0.137. The zero-order valence-electron chi connectivity index (χ0n) is 9.38. The van der Waals surface area contributed by atoms with Gasteiger partial charge in [0.15, 0.2) is 0 Å². The summed E-state index contributed by atoms with van der Waals surface area (Å²) >= 11 is 1.15. The van der Waals surface area contributed by atoms with E-state index in [0.29, 0.717) is 6.42 Å². The molecule has 0 spiro atoms. The predicted octanol–water partition coefficient (Wildman–Crippen LogP) is 4.53. The Morgan fingerprint density at radius 1 is 1.28 bits per heavy atom. The van der Waals surface area contributed by atoms with E-state index < -0.39 is 17.6 Å². The van der Waals surface area contributed by atoms with Gasteiger partial charge in [-0.25, -0.2) is 9.37 Å². The summed E-state index contributed by atoms with van der Waals surface area (Å²) in [5.74, 6) is -0.703. The van der Waals surface area contributed by atoms with Crippen molar-refractivity contribution in [3.05, 3.63) is 40.7 Å². The molecule has 96 valence electrons. The predicted molar refractivity (Wildman–Crippen MR) is 61.9 cm³/mol. The summed E-state index contributed by atoms with van der Waals surface area (Å²) in [7, 11) is 0. The minimum Gasteiger partial charge on any atom is -0.244 e. The fraction of sp³-hybridized carbons (Fsp3) is 0.250. The Morgan fingerprint density at radius 3 is 2.56 bits per heavy atom. The third-order valence-corrected chi connectivity index (χ3v) is 3.59. The quantitative estimate of drug-likeness (QED) is 0.734. The summed E-state index contributed by atoms with van der Waals surface area (Å²) in [6.45, 7) is 1.88. The van der Waals surface area contributed by atoms with Crippen LogP contribution in [0, 0.1) is 5.82 Å². The van der Waals surface area contributed by atoms with Gasteiger partial charge in [-0.05, 0) is 24.6 Å². The Kier molecular flexibility index (Phi) is 3.38. The average molecular weight is 275 g/mol. The third-order valence-electron chi connectivity index (χ3n) is 2.42. The molecule has 0 N–H and O–H groups in total. The number of hydrogen-bond acceptors (Lipinski definition) is 2. The number of hydrogen-bond donors (Lipinski definition) is 0. The van der Waals surface area contributed by atoms with Gasteiger partial charge in [-0.15, -0.1) is 11.3 Å². The summed E-state index contributed by atoms with van der Waals surface area (Å²) < 4.78 is 51.5. The summed E-state index contributed by atoms with van der Waals surface area (Å²) in [5, 5.41) is 0.193. The van der Waals surface area contributed by atoms with E-state index in [1.165, 1.54) is 6.20 Å². The van der Waals surface area contributed by atoms with Crippen molar-refractivity contribution in [3.63, 3.8) is 0 Å². The number of halogens is 4. The van der Waals surface area contributed by atoms with Gasteiger partial charge in [0.05, 0.1) is 5.56 Å². The molecule has 1 heterocycles. The van der Waals surface area contributed by atoms with Crippen LogP contribution in [0.3, 0.4) is 0 Å². The van der Waals surface area contributed by atoms with E-state index >= 15 is 0 Å². The maximum atomic E-state index is 13.1. The lowest BCUT2D eigenvalue weighted by atomic mass is 10.1. The monoisotopic (exact) mass is 275 g/mol. The lowest BCUT2D eigenvalue weighted by Crippen LogP contribution is -2.07. The van der Waals surface area contributed by atoms with Gasteiger partial charge >= 0.3 is 6.18 Å². The zero-order valence-corrected chi connectivity index (χ0v) is 10.2. The molecule has 1 nitrogen and oxygen atoms in total. The topological polar surface area (TPSA) is 12.9 Å². The van der Waals surface area contributed by atoms with Crippen molar-refractivity contribution in [1.29, 1.82) is 0 Å². The molecule has 0 aliphatic rings. The van der Waals surface area contributed by atoms with Crippen molar-refractivity contribution in [2.75, 3.05) is 0 Å². The van der Waals surface area contributed by atoms with Crippen LogP contribution < -0.4 is 0 Å². The largest absolute Gasteiger partial charge is 0.417 e. The first kappa shape index (κ1) is 13.0. The van der Waals surface area contributed by atoms with E-state index in [-0.39, 0.29) is 10.6 Å². The summed E-state index contributed by atoms with van der Waals surface area (Å²) in [6, 6.07) is 2.43. The van der Waals surface area contributed by atoms with Crippen LogP contribution in [0.2, 0.25) is 0 Å². The van der Waals surface area contributed by atoms with E-state index in [9.17, 15) is 17.6 Å². The molecule has 2 aromatic rings. The van der Waals surface area contributed by atoms with Crippen molar-refractivity contribution in [2.45, 2.75) is 19.5 Å². The van der Waals surface area contributed by atoms with E-state index in [0.717, 1.165) is 34.4 Å². The first-order valence-electron chi connectivity index (χ1n) is 5.23. The number of aryl methyl sites for hydroxylation is 1. The summed E-state index contributed by atoms with van der Waals surface area (Å²) in [4.78, 5) is 4.79. The number of aromatic nitrogens is 1. The molecule has 0 atom stereocenters. The second-order valence-electron chi connectivity index (χ2n) is 3.67. The van der Waals surface area contributed by atoms with E-state index in [2.05, 4.69) is 4.98 Å². The van der Waals surface area contributed by atoms with Crippen molar-refractivity contribution < 1.29 is 17.6 Å². The molecule has 0 radical (unpaired) electrons. The van der Waals surface area contributed by atoms with Gasteiger partial charge in [0.25, 0.3) is 0 Å². The zero-order chi connectivity index (χ0) is 13.3. The highest BCUT2D eigenvalue weighted by Crippen LogP contribution is 2.38. The van der Waals surface area contributed by atoms with Crippen LogP contribution in [-0.4, -0.2) is 4.98 Å². The van der Waals surface area contributed by atoms with E-state index in [1.54, 1.807) is 0 Å². The van der Waals surface area contributed by atoms with Crippen LogP contribution in [0.25, 0.3) is 10.6 Å². The van der Waals surface area contributed by atoms with Crippen molar-refractivity contribution >= 4 is 11.3 Å². The lowest BCUT2D eigenvalue weighted by Gasteiger charge is -2.10. The van der Waals surface area contributed by atoms with Crippen molar-refractivity contribution in [1.82, 2.24) is 4.98 Å². The molecule has 0 saturated carbocycles. The highest BCUT2D eigenvalue weighted by atomic mass is 32.1. The van der Waals surface area contributed by atoms with Crippen LogP contribution in [0.15, 0.2) is 24.4 Å². The normalized spacial score (nSPS) is 11.8. The average Bonchev–Trinajstić information content (AvgIpc) is 2.75. The Bertz CT molecular complexity index is 559. The van der Waals surface area contributed by atoms with Gasteiger partial charge in [-0.2, -0.15) is 13.2 Å². The van der Waals surface area contributed by atoms with Crippen LogP contribution in [0.4, 0.5) is 17.6 Å². The van der Waals surface area contributed by atoms with Crippen LogP contribution in [0.1, 0.15) is 17.4 Å². The van der Waals surface area contributed by atoms with Crippen LogP contribution in [-0.2, 0) is 12.6 Å². The molecule has 0 aliphatic heterocycles. The Hall–Kier alpha value is -1.43. The SMILES string of the molecule is CCc1cnc(-c2cc(F)ccc2C(F)(F)F)s1. The molecule has 0 fully saturated rings. The minimum atomic E-state index is -4.51. The van der Waals surface area contributed by atoms with Gasteiger partial charge in [-0.1, -0.05) is 6.92 Å². The van der Waals surface area contributed by atoms with Gasteiger partial charge in [0.2, 0.25) is 0 Å². The molecule has 1 aromatic heterocycles. The molecule has 18 heavy (non-hydrogen) atoms. The van der Waals surface area contributed by atoms with Gasteiger partial charge in [0.1, 0.15) is 10.8 Å². The molecule has 0 bridgehead atoms. The molecule has 6 heteroatoms. The van der Waals surface area contributed by atoms with E-state index in [4.69, 9.17) is 0 Å². The van der Waals surface area contributed by atoms with Gasteiger partial charge < -0.3 is 0 Å². The summed E-state index contributed by atoms with van der Waals surface area (Å²) in [6.07, 6.45) is -2.31. The molecular weight excluding hydrogens is 266 g/mol. The smallest absolute Gasteiger partial charge is 0.244 e. The van der Waals surface area contributed by atoms with Crippen LogP contribution in [0.5, 0.6) is 0 Å². The van der Waals surface area contributed by atoms with E-state index in [1.807, 2.05) is 6.92 Å². The molecule has 1 aromatic carbocycles. The Balaban J connectivity index is 2.58. The summed E-state index contributed by atoms with van der Waals surface area (Å²) in [5.41, 5.74) is -1.06. The molecule has 0 unspecified atom stereocenters. The van der Waals surface area contributed by atoms with Crippen LogP contribution >= 0.6 is 11.3 Å². The molecule has 0 saturated heterocycles. The third kappa shape index (κ3) is 2.53. The second kappa shape index (κ2) is 4.68. The maximum Gasteiger partial charge on any atom is 0.417 e. The first-order valence-corrected chi connectivity index (χ1v) is 6.05. The number of alkyl halides is 3. The molecule has 0 amide bonds. The van der Waals surface area contributed by atoms with Gasteiger partial charge in [0, 0.05) is 16.6 Å². The number of rotatable bonds is 2. The fourth-order valence-corrected chi connectivity index (χ4v) is 2.42. The number of benzene rings is 1. The highest BCUT2D eigenvalue weighted by molar-refractivity contribution is 7.15. The second-order valence-corrected chi connectivity index (χ2v) is 4.79. The molecule has 0 aliphatic carbocycles. The van der Waals surface area contributed by atoms with Crippen molar-refractivity contribution in [2.24, 2.45) is 0 Å². The van der Waals surface area contributed by atoms with Crippen molar-refractivity contribution in [3.8, 4) is 10.6 Å². The fourth-order valence-electron chi connectivity index (χ4n) is 1.54. The highest BCUT2D eigenvalue weighted by Gasteiger charge is 2.34.